The van der Waals surface area contributed by atoms with Gasteiger partial charge in [-0.15, -0.1) is 0 Å². The maximum atomic E-state index is 11.1. The van der Waals surface area contributed by atoms with Crippen LogP contribution in [-0.4, -0.2) is 11.1 Å². The van der Waals surface area contributed by atoms with Crippen molar-refractivity contribution in [1.29, 1.82) is 5.26 Å². The van der Waals surface area contributed by atoms with Crippen LogP contribution in [0.3, 0.4) is 0 Å². The Morgan fingerprint density at radius 3 is 2.55 bits per heavy atom. The lowest BCUT2D eigenvalue weighted by atomic mass is 10.2. The summed E-state index contributed by atoms with van der Waals surface area (Å²) in [5, 5.41) is 18.4. The Labute approximate surface area is 124 Å². The Kier molecular flexibility index (Phi) is 4.14. The molecular weight excluding hydrogens is 301 g/mol. The molecule has 0 unspecified atom stereocenters. The fraction of sp³-hybridized carbons (Fsp3) is 0. The molecule has 0 amide bonds. The summed E-state index contributed by atoms with van der Waals surface area (Å²) in [6.45, 7) is 0. The highest BCUT2D eigenvalue weighted by atomic mass is 35.5. The van der Waals surface area contributed by atoms with Crippen LogP contribution in [0.25, 0.3) is 0 Å². The van der Waals surface area contributed by atoms with Crippen molar-refractivity contribution >= 4 is 29.2 Å². The number of carboxylic acids is 1. The standard InChI is InChI=1S/C14H7Cl2NO3/c15-9-2-4-13(11(5-9)14(18)19)20-10-3-1-8(7-17)12(16)6-10/h1-6H,(H,18,19). The molecule has 0 aromatic heterocycles. The van der Waals surface area contributed by atoms with E-state index in [2.05, 4.69) is 0 Å². The van der Waals surface area contributed by atoms with E-state index in [0.717, 1.165) is 0 Å². The maximum absolute atomic E-state index is 11.1. The molecular formula is C14H7Cl2NO3. The summed E-state index contributed by atoms with van der Waals surface area (Å²) >= 11 is 11.6. The second-order valence-electron chi connectivity index (χ2n) is 3.80. The summed E-state index contributed by atoms with van der Waals surface area (Å²) in [4.78, 5) is 11.1. The highest BCUT2D eigenvalue weighted by Gasteiger charge is 2.13. The summed E-state index contributed by atoms with van der Waals surface area (Å²) < 4.78 is 5.47. The molecule has 0 radical (unpaired) electrons. The Bertz CT molecular complexity index is 723. The molecule has 2 aromatic rings. The van der Waals surface area contributed by atoms with Crippen molar-refractivity contribution in [3.63, 3.8) is 0 Å². The maximum Gasteiger partial charge on any atom is 0.339 e. The van der Waals surface area contributed by atoms with E-state index in [-0.39, 0.29) is 16.3 Å². The van der Waals surface area contributed by atoms with Crippen molar-refractivity contribution in [2.45, 2.75) is 0 Å². The molecule has 1 N–H and O–H groups in total. The number of hydrogen-bond acceptors (Lipinski definition) is 3. The Balaban J connectivity index is 2.38. The van der Waals surface area contributed by atoms with Gasteiger partial charge in [-0.3, -0.25) is 0 Å². The number of carboxylic acid groups (broad SMARTS) is 1. The second kappa shape index (κ2) is 5.83. The third kappa shape index (κ3) is 3.02. The smallest absolute Gasteiger partial charge is 0.339 e. The van der Waals surface area contributed by atoms with E-state index in [1.165, 1.54) is 36.4 Å². The lowest BCUT2D eigenvalue weighted by Crippen LogP contribution is -2.00. The van der Waals surface area contributed by atoms with Gasteiger partial charge in [0, 0.05) is 11.1 Å². The molecule has 2 rings (SSSR count). The van der Waals surface area contributed by atoms with Gasteiger partial charge in [-0.1, -0.05) is 23.2 Å². The van der Waals surface area contributed by atoms with Gasteiger partial charge >= 0.3 is 5.97 Å². The van der Waals surface area contributed by atoms with Crippen LogP contribution >= 0.6 is 23.2 Å². The average Bonchev–Trinajstić information content (AvgIpc) is 2.41. The fourth-order valence-electron chi connectivity index (χ4n) is 1.54. The van der Waals surface area contributed by atoms with E-state index in [1.54, 1.807) is 0 Å². The zero-order valence-electron chi connectivity index (χ0n) is 9.93. The number of aromatic carboxylic acids is 1. The van der Waals surface area contributed by atoms with Crippen LogP contribution < -0.4 is 4.74 Å². The van der Waals surface area contributed by atoms with Gasteiger partial charge in [0.1, 0.15) is 23.1 Å². The Hall–Kier alpha value is -2.22. The largest absolute Gasteiger partial charge is 0.478 e. The average molecular weight is 308 g/mol. The monoisotopic (exact) mass is 307 g/mol. The van der Waals surface area contributed by atoms with Gasteiger partial charge in [-0.2, -0.15) is 5.26 Å². The topological polar surface area (TPSA) is 70.3 Å². The predicted octanol–water partition coefficient (Wildman–Crippen LogP) is 4.36. The van der Waals surface area contributed by atoms with Crippen LogP contribution in [0.5, 0.6) is 11.5 Å². The third-order valence-corrected chi connectivity index (χ3v) is 3.01. The van der Waals surface area contributed by atoms with Crippen LogP contribution in [0.15, 0.2) is 36.4 Å². The lowest BCUT2D eigenvalue weighted by molar-refractivity contribution is 0.0694. The number of nitrogens with zero attached hydrogens (tertiary/aromatic N) is 1. The van der Waals surface area contributed by atoms with E-state index in [9.17, 15) is 4.79 Å². The minimum absolute atomic E-state index is 0.0574. The molecule has 0 saturated heterocycles. The molecule has 0 spiro atoms. The van der Waals surface area contributed by atoms with Crippen LogP contribution in [0.1, 0.15) is 15.9 Å². The van der Waals surface area contributed by atoms with Gasteiger partial charge in [0.15, 0.2) is 0 Å². The first-order valence-electron chi connectivity index (χ1n) is 5.41. The minimum atomic E-state index is -1.15. The van der Waals surface area contributed by atoms with Gasteiger partial charge in [0.2, 0.25) is 0 Å². The number of halogens is 2. The quantitative estimate of drug-likeness (QED) is 0.914. The molecule has 0 bridgehead atoms. The Morgan fingerprint density at radius 1 is 1.20 bits per heavy atom. The van der Waals surface area contributed by atoms with Crippen molar-refractivity contribution < 1.29 is 14.6 Å². The molecule has 6 heteroatoms. The first kappa shape index (κ1) is 14.2. The molecule has 0 heterocycles. The van der Waals surface area contributed by atoms with Crippen molar-refractivity contribution in [2.75, 3.05) is 0 Å². The van der Waals surface area contributed by atoms with E-state index >= 15 is 0 Å². The van der Waals surface area contributed by atoms with Gasteiger partial charge in [0.25, 0.3) is 0 Å². The van der Waals surface area contributed by atoms with Crippen molar-refractivity contribution in [3.05, 3.63) is 57.6 Å². The summed E-state index contributed by atoms with van der Waals surface area (Å²) in [5.74, 6) is -0.677. The second-order valence-corrected chi connectivity index (χ2v) is 4.64. The number of hydrogen-bond donors (Lipinski definition) is 1. The van der Waals surface area contributed by atoms with Gasteiger partial charge in [-0.05, 0) is 30.3 Å². The van der Waals surface area contributed by atoms with E-state index in [1.807, 2.05) is 6.07 Å². The molecule has 2 aromatic carbocycles. The molecule has 0 fully saturated rings. The number of benzene rings is 2. The zero-order valence-corrected chi connectivity index (χ0v) is 11.4. The molecule has 20 heavy (non-hydrogen) atoms. The summed E-state index contributed by atoms with van der Waals surface area (Å²) in [7, 11) is 0. The summed E-state index contributed by atoms with van der Waals surface area (Å²) in [5.41, 5.74) is 0.256. The summed E-state index contributed by atoms with van der Waals surface area (Å²) in [6, 6.07) is 10.7. The SMILES string of the molecule is N#Cc1ccc(Oc2ccc(Cl)cc2C(=O)O)cc1Cl. The fourth-order valence-corrected chi connectivity index (χ4v) is 1.92. The normalized spacial score (nSPS) is 9.85. The van der Waals surface area contributed by atoms with E-state index in [4.69, 9.17) is 38.3 Å². The summed E-state index contributed by atoms with van der Waals surface area (Å²) in [6.07, 6.45) is 0. The molecule has 100 valence electrons. The van der Waals surface area contributed by atoms with Crippen LogP contribution in [0.2, 0.25) is 10.0 Å². The minimum Gasteiger partial charge on any atom is -0.478 e. The first-order chi connectivity index (χ1) is 9.51. The zero-order chi connectivity index (χ0) is 14.7. The third-order valence-electron chi connectivity index (χ3n) is 2.46. The number of ether oxygens (including phenoxy) is 1. The molecule has 0 saturated carbocycles. The van der Waals surface area contributed by atoms with E-state index in [0.29, 0.717) is 16.3 Å². The number of nitriles is 1. The van der Waals surface area contributed by atoms with Crippen LogP contribution in [0, 0.1) is 11.3 Å². The molecule has 0 aliphatic carbocycles. The van der Waals surface area contributed by atoms with Gasteiger partial charge in [-0.25, -0.2) is 4.79 Å². The lowest BCUT2D eigenvalue weighted by Gasteiger charge is -2.09. The Morgan fingerprint density at radius 2 is 1.95 bits per heavy atom. The van der Waals surface area contributed by atoms with Gasteiger partial charge < -0.3 is 9.84 Å². The highest BCUT2D eigenvalue weighted by Crippen LogP contribution is 2.30. The first-order valence-corrected chi connectivity index (χ1v) is 6.17. The van der Waals surface area contributed by atoms with Crippen molar-refractivity contribution in [2.24, 2.45) is 0 Å². The molecule has 0 atom stereocenters. The number of carbonyl (C=O) groups is 1. The molecule has 0 aliphatic rings. The number of rotatable bonds is 3. The van der Waals surface area contributed by atoms with Crippen LogP contribution in [-0.2, 0) is 0 Å². The van der Waals surface area contributed by atoms with Crippen LogP contribution in [0.4, 0.5) is 0 Å². The molecule has 0 aliphatic heterocycles. The predicted molar refractivity (Wildman–Crippen MR) is 74.7 cm³/mol. The van der Waals surface area contributed by atoms with Crippen molar-refractivity contribution in [1.82, 2.24) is 0 Å². The van der Waals surface area contributed by atoms with Crippen molar-refractivity contribution in [3.8, 4) is 17.6 Å². The molecule has 4 nitrogen and oxygen atoms in total. The van der Waals surface area contributed by atoms with Gasteiger partial charge in [0.05, 0.1) is 10.6 Å². The highest BCUT2D eigenvalue weighted by molar-refractivity contribution is 6.32. The van der Waals surface area contributed by atoms with E-state index < -0.39 is 5.97 Å².